The van der Waals surface area contributed by atoms with Crippen LogP contribution in [0.3, 0.4) is 0 Å². The van der Waals surface area contributed by atoms with E-state index in [1.54, 1.807) is 7.11 Å². The van der Waals surface area contributed by atoms with Crippen molar-refractivity contribution in [2.45, 2.75) is 6.54 Å². The van der Waals surface area contributed by atoms with Crippen molar-refractivity contribution in [2.24, 2.45) is 0 Å². The minimum Gasteiger partial charge on any atom is -0.497 e. The van der Waals surface area contributed by atoms with Gasteiger partial charge in [0.15, 0.2) is 0 Å². The lowest BCUT2D eigenvalue weighted by Crippen LogP contribution is -2.09. The zero-order chi connectivity index (χ0) is 11.4. The van der Waals surface area contributed by atoms with Crippen molar-refractivity contribution >= 4 is 0 Å². The van der Waals surface area contributed by atoms with E-state index in [1.165, 1.54) is 5.69 Å². The second-order valence-electron chi connectivity index (χ2n) is 3.60. The molecule has 1 aromatic carbocycles. The van der Waals surface area contributed by atoms with E-state index >= 15 is 0 Å². The van der Waals surface area contributed by atoms with Crippen molar-refractivity contribution in [1.82, 2.24) is 9.88 Å². The third-order valence-corrected chi connectivity index (χ3v) is 2.54. The molecule has 1 heterocycles. The molecule has 84 valence electrons. The third kappa shape index (κ3) is 2.09. The molecule has 0 aliphatic heterocycles. The Morgan fingerprint density at radius 1 is 1.19 bits per heavy atom. The van der Waals surface area contributed by atoms with Crippen molar-refractivity contribution in [3.63, 3.8) is 0 Å². The van der Waals surface area contributed by atoms with Gasteiger partial charge >= 0.3 is 0 Å². The normalized spacial score (nSPS) is 10.4. The van der Waals surface area contributed by atoms with Gasteiger partial charge in [-0.15, -0.1) is 0 Å². The number of methoxy groups -OCH3 is 1. The lowest BCUT2D eigenvalue weighted by Gasteiger charge is -2.09. The molecule has 0 amide bonds. The minimum atomic E-state index is 0.860. The second-order valence-corrected chi connectivity index (χ2v) is 3.60. The van der Waals surface area contributed by atoms with E-state index in [4.69, 9.17) is 4.74 Å². The molecule has 0 saturated carbocycles. The molecule has 0 saturated heterocycles. The summed E-state index contributed by atoms with van der Waals surface area (Å²) in [5, 5.41) is 3.16. The molecular formula is C13H16N2O. The highest BCUT2D eigenvalue weighted by Crippen LogP contribution is 2.17. The molecule has 0 unspecified atom stereocenters. The molecule has 0 radical (unpaired) electrons. The highest BCUT2D eigenvalue weighted by molar-refractivity contribution is 5.39. The molecule has 0 fully saturated rings. The summed E-state index contributed by atoms with van der Waals surface area (Å²) in [5.74, 6) is 0.881. The Kier molecular flexibility index (Phi) is 3.27. The fourth-order valence-corrected chi connectivity index (χ4v) is 1.74. The van der Waals surface area contributed by atoms with Crippen LogP contribution in [0, 0.1) is 0 Å². The number of aromatic nitrogens is 1. The van der Waals surface area contributed by atoms with E-state index in [0.717, 1.165) is 18.0 Å². The Bertz CT molecular complexity index is 445. The van der Waals surface area contributed by atoms with Gasteiger partial charge in [0, 0.05) is 24.1 Å². The van der Waals surface area contributed by atoms with Crippen LogP contribution >= 0.6 is 0 Å². The number of ether oxygens (including phenoxy) is 1. The quantitative estimate of drug-likeness (QED) is 0.848. The van der Waals surface area contributed by atoms with Gasteiger partial charge in [-0.1, -0.05) is 0 Å². The summed E-state index contributed by atoms with van der Waals surface area (Å²) in [6.07, 6.45) is 2.06. The number of hydrogen-bond donors (Lipinski definition) is 1. The Balaban J connectivity index is 2.31. The van der Waals surface area contributed by atoms with Gasteiger partial charge in [0.25, 0.3) is 0 Å². The largest absolute Gasteiger partial charge is 0.497 e. The SMILES string of the molecule is CNCc1cccn1-c1ccc(OC)cc1. The van der Waals surface area contributed by atoms with E-state index in [2.05, 4.69) is 40.3 Å². The summed E-state index contributed by atoms with van der Waals surface area (Å²) in [7, 11) is 3.63. The van der Waals surface area contributed by atoms with Crippen molar-refractivity contribution < 1.29 is 4.74 Å². The molecule has 16 heavy (non-hydrogen) atoms. The van der Waals surface area contributed by atoms with Crippen LogP contribution in [0.5, 0.6) is 5.75 Å². The van der Waals surface area contributed by atoms with Crippen LogP contribution in [-0.2, 0) is 6.54 Å². The number of hydrogen-bond acceptors (Lipinski definition) is 2. The Morgan fingerprint density at radius 2 is 1.94 bits per heavy atom. The van der Waals surface area contributed by atoms with Gasteiger partial charge in [-0.2, -0.15) is 0 Å². The van der Waals surface area contributed by atoms with Crippen LogP contribution in [-0.4, -0.2) is 18.7 Å². The summed E-state index contributed by atoms with van der Waals surface area (Å²) < 4.78 is 7.31. The van der Waals surface area contributed by atoms with E-state index in [0.29, 0.717) is 0 Å². The van der Waals surface area contributed by atoms with Crippen LogP contribution in [0.4, 0.5) is 0 Å². The lowest BCUT2D eigenvalue weighted by molar-refractivity contribution is 0.414. The van der Waals surface area contributed by atoms with E-state index in [-0.39, 0.29) is 0 Å². The van der Waals surface area contributed by atoms with Crippen LogP contribution in [0.2, 0.25) is 0 Å². The molecule has 0 bridgehead atoms. The van der Waals surface area contributed by atoms with E-state index in [1.807, 2.05) is 19.2 Å². The zero-order valence-corrected chi connectivity index (χ0v) is 9.60. The van der Waals surface area contributed by atoms with Crippen LogP contribution in [0.15, 0.2) is 42.6 Å². The molecule has 2 rings (SSSR count). The van der Waals surface area contributed by atoms with Crippen molar-refractivity contribution in [2.75, 3.05) is 14.2 Å². The van der Waals surface area contributed by atoms with Gasteiger partial charge in [-0.3, -0.25) is 0 Å². The summed E-state index contributed by atoms with van der Waals surface area (Å²) in [6, 6.07) is 12.2. The van der Waals surface area contributed by atoms with Crippen molar-refractivity contribution in [1.29, 1.82) is 0 Å². The Labute approximate surface area is 95.7 Å². The van der Waals surface area contributed by atoms with Crippen molar-refractivity contribution in [3.8, 4) is 11.4 Å². The predicted molar refractivity (Wildman–Crippen MR) is 65.1 cm³/mol. The standard InChI is InChI=1S/C13H16N2O/c1-14-10-12-4-3-9-15(12)11-5-7-13(16-2)8-6-11/h3-9,14H,10H2,1-2H3. The van der Waals surface area contributed by atoms with Gasteiger partial charge in [0.05, 0.1) is 7.11 Å². The monoisotopic (exact) mass is 216 g/mol. The molecule has 0 aliphatic carbocycles. The maximum atomic E-state index is 5.14. The molecule has 0 spiro atoms. The van der Waals surface area contributed by atoms with Gasteiger partial charge < -0.3 is 14.6 Å². The second kappa shape index (κ2) is 4.86. The first-order valence-corrected chi connectivity index (χ1v) is 5.30. The van der Waals surface area contributed by atoms with Gasteiger partial charge in [0.2, 0.25) is 0 Å². The highest BCUT2D eigenvalue weighted by Gasteiger charge is 2.02. The average molecular weight is 216 g/mol. The molecular weight excluding hydrogens is 200 g/mol. The number of benzene rings is 1. The first-order valence-electron chi connectivity index (χ1n) is 5.30. The molecule has 1 aromatic heterocycles. The molecule has 0 aliphatic rings. The number of rotatable bonds is 4. The minimum absolute atomic E-state index is 0.860. The maximum absolute atomic E-state index is 5.14. The molecule has 1 N–H and O–H groups in total. The lowest BCUT2D eigenvalue weighted by atomic mass is 10.3. The summed E-state index contributed by atoms with van der Waals surface area (Å²) in [6.45, 7) is 0.860. The summed E-state index contributed by atoms with van der Waals surface area (Å²) in [4.78, 5) is 0. The topological polar surface area (TPSA) is 26.2 Å². The predicted octanol–water partition coefficient (Wildman–Crippen LogP) is 2.21. The van der Waals surface area contributed by atoms with E-state index in [9.17, 15) is 0 Å². The summed E-state index contributed by atoms with van der Waals surface area (Å²) >= 11 is 0. The molecule has 3 nitrogen and oxygen atoms in total. The van der Waals surface area contributed by atoms with Crippen molar-refractivity contribution in [3.05, 3.63) is 48.3 Å². The Hall–Kier alpha value is -1.74. The smallest absolute Gasteiger partial charge is 0.119 e. The summed E-state index contributed by atoms with van der Waals surface area (Å²) in [5.41, 5.74) is 2.39. The maximum Gasteiger partial charge on any atom is 0.119 e. The highest BCUT2D eigenvalue weighted by atomic mass is 16.5. The van der Waals surface area contributed by atoms with Crippen LogP contribution in [0.25, 0.3) is 5.69 Å². The molecule has 0 atom stereocenters. The first kappa shape index (κ1) is 10.8. The van der Waals surface area contributed by atoms with Gasteiger partial charge in [-0.25, -0.2) is 0 Å². The first-order chi connectivity index (χ1) is 7.85. The molecule has 3 heteroatoms. The van der Waals surface area contributed by atoms with Crippen LogP contribution in [0.1, 0.15) is 5.69 Å². The van der Waals surface area contributed by atoms with Crippen LogP contribution < -0.4 is 10.1 Å². The third-order valence-electron chi connectivity index (χ3n) is 2.54. The number of nitrogens with zero attached hydrogens (tertiary/aromatic N) is 1. The fourth-order valence-electron chi connectivity index (χ4n) is 1.74. The molecule has 2 aromatic rings. The van der Waals surface area contributed by atoms with Gasteiger partial charge in [0.1, 0.15) is 5.75 Å². The zero-order valence-electron chi connectivity index (χ0n) is 9.60. The number of nitrogens with one attached hydrogen (secondary N) is 1. The van der Waals surface area contributed by atoms with Gasteiger partial charge in [-0.05, 0) is 43.4 Å². The average Bonchev–Trinajstić information content (AvgIpc) is 2.78. The fraction of sp³-hybridized carbons (Fsp3) is 0.231. The Morgan fingerprint density at radius 3 is 2.56 bits per heavy atom. The van der Waals surface area contributed by atoms with E-state index < -0.39 is 0 Å².